The molecular formula is C23H30F6O4. The van der Waals surface area contributed by atoms with Crippen molar-refractivity contribution in [1.82, 2.24) is 0 Å². The lowest BCUT2D eigenvalue weighted by atomic mass is 9.84. The third-order valence-corrected chi connectivity index (χ3v) is 4.67. The van der Waals surface area contributed by atoms with Gasteiger partial charge in [-0.15, -0.1) is 0 Å². The van der Waals surface area contributed by atoms with Gasteiger partial charge in [0.15, 0.2) is 0 Å². The number of hydrogen-bond donors (Lipinski definition) is 0. The number of halogens is 6. The number of esters is 2. The van der Waals surface area contributed by atoms with Gasteiger partial charge >= 0.3 is 24.3 Å². The molecule has 0 saturated carbocycles. The molecule has 1 aromatic carbocycles. The fraction of sp³-hybridized carbons (Fsp3) is 0.652. The summed E-state index contributed by atoms with van der Waals surface area (Å²) in [4.78, 5) is 25.6. The van der Waals surface area contributed by atoms with Crippen molar-refractivity contribution < 1.29 is 45.4 Å². The van der Waals surface area contributed by atoms with Crippen LogP contribution in [0.3, 0.4) is 0 Å². The molecule has 1 aromatic rings. The Bertz CT molecular complexity index is 738. The maximum atomic E-state index is 12.8. The SMILES string of the molecule is CC(C)(C)OC(=O)[C@@H](CCCC(F)(F)F)[C@@H](CCCC(F)(F)F)C(=O)OCc1ccccc1. The van der Waals surface area contributed by atoms with Crippen LogP contribution in [0.15, 0.2) is 30.3 Å². The van der Waals surface area contributed by atoms with Crippen molar-refractivity contribution in [2.24, 2.45) is 11.8 Å². The van der Waals surface area contributed by atoms with Gasteiger partial charge in [0.05, 0.1) is 11.8 Å². The van der Waals surface area contributed by atoms with E-state index >= 15 is 0 Å². The summed E-state index contributed by atoms with van der Waals surface area (Å²) < 4.78 is 86.4. The molecular weight excluding hydrogens is 454 g/mol. The fourth-order valence-electron chi connectivity index (χ4n) is 3.22. The Kier molecular flexibility index (Phi) is 10.7. The first kappa shape index (κ1) is 28.8. The highest BCUT2D eigenvalue weighted by atomic mass is 19.4. The Morgan fingerprint density at radius 1 is 0.788 bits per heavy atom. The van der Waals surface area contributed by atoms with Crippen molar-refractivity contribution in [2.45, 2.75) is 83.9 Å². The van der Waals surface area contributed by atoms with Crippen LogP contribution in [0.2, 0.25) is 0 Å². The highest BCUT2D eigenvalue weighted by molar-refractivity contribution is 5.82. The predicted molar refractivity (Wildman–Crippen MR) is 109 cm³/mol. The van der Waals surface area contributed by atoms with Gasteiger partial charge in [-0.1, -0.05) is 30.3 Å². The van der Waals surface area contributed by atoms with Crippen molar-refractivity contribution in [3.8, 4) is 0 Å². The van der Waals surface area contributed by atoms with E-state index in [0.717, 1.165) is 0 Å². The van der Waals surface area contributed by atoms with Gasteiger partial charge in [0.2, 0.25) is 0 Å². The first-order valence-corrected chi connectivity index (χ1v) is 10.6. The largest absolute Gasteiger partial charge is 0.461 e. The van der Waals surface area contributed by atoms with E-state index in [2.05, 4.69) is 0 Å². The standard InChI is InChI=1S/C23H30F6O4/c1-21(2,3)33-20(31)18(12-8-14-23(27,28)29)17(11-7-13-22(24,25)26)19(30)32-15-16-9-5-4-6-10-16/h4-6,9-10,17-18H,7-8,11-15H2,1-3H3/t17-,18+/m1/s1. The van der Waals surface area contributed by atoms with E-state index in [1.54, 1.807) is 51.1 Å². The number of alkyl halides is 6. The molecule has 0 bridgehead atoms. The summed E-state index contributed by atoms with van der Waals surface area (Å²) in [5.41, 5.74) is -0.380. The molecule has 33 heavy (non-hydrogen) atoms. The van der Waals surface area contributed by atoms with Crippen LogP contribution in [-0.2, 0) is 25.7 Å². The summed E-state index contributed by atoms with van der Waals surface area (Å²) in [5.74, 6) is -4.59. The molecule has 1 rings (SSSR count). The van der Waals surface area contributed by atoms with E-state index in [4.69, 9.17) is 9.47 Å². The van der Waals surface area contributed by atoms with Crippen LogP contribution in [0.1, 0.15) is 64.9 Å². The molecule has 0 aliphatic rings. The van der Waals surface area contributed by atoms with Gasteiger partial charge in [0, 0.05) is 12.8 Å². The van der Waals surface area contributed by atoms with E-state index in [1.807, 2.05) is 0 Å². The molecule has 2 atom stereocenters. The van der Waals surface area contributed by atoms with Crippen molar-refractivity contribution in [2.75, 3.05) is 0 Å². The lowest BCUT2D eigenvalue weighted by Gasteiger charge is -2.28. The van der Waals surface area contributed by atoms with Gasteiger partial charge in [-0.2, -0.15) is 26.3 Å². The summed E-state index contributed by atoms with van der Waals surface area (Å²) in [5, 5.41) is 0. The minimum absolute atomic E-state index is 0.182. The Morgan fingerprint density at radius 2 is 1.24 bits per heavy atom. The Morgan fingerprint density at radius 3 is 1.67 bits per heavy atom. The predicted octanol–water partition coefficient (Wildman–Crippen LogP) is 6.77. The number of ether oxygens (including phenoxy) is 2. The van der Waals surface area contributed by atoms with Gasteiger partial charge in [0.25, 0.3) is 0 Å². The molecule has 0 spiro atoms. The van der Waals surface area contributed by atoms with Crippen LogP contribution >= 0.6 is 0 Å². The molecule has 0 unspecified atom stereocenters. The zero-order valence-electron chi connectivity index (χ0n) is 18.9. The first-order valence-electron chi connectivity index (χ1n) is 10.6. The van der Waals surface area contributed by atoms with Crippen molar-refractivity contribution in [1.29, 1.82) is 0 Å². The Balaban J connectivity index is 3.07. The number of carbonyl (C=O) groups is 2. The van der Waals surface area contributed by atoms with Crippen LogP contribution in [0, 0.1) is 11.8 Å². The molecule has 0 aliphatic heterocycles. The molecule has 10 heteroatoms. The lowest BCUT2D eigenvalue weighted by molar-refractivity contribution is -0.171. The monoisotopic (exact) mass is 484 g/mol. The minimum Gasteiger partial charge on any atom is -0.461 e. The second kappa shape index (κ2) is 12.3. The van der Waals surface area contributed by atoms with Crippen molar-refractivity contribution in [3.63, 3.8) is 0 Å². The molecule has 0 aromatic heterocycles. The summed E-state index contributed by atoms with van der Waals surface area (Å²) >= 11 is 0. The summed E-state index contributed by atoms with van der Waals surface area (Å²) in [7, 11) is 0. The van der Waals surface area contributed by atoms with Gasteiger partial charge < -0.3 is 9.47 Å². The number of benzene rings is 1. The van der Waals surface area contributed by atoms with Crippen LogP contribution in [0.25, 0.3) is 0 Å². The normalized spacial score (nSPS) is 14.5. The van der Waals surface area contributed by atoms with E-state index < -0.39 is 67.4 Å². The first-order chi connectivity index (χ1) is 15.1. The van der Waals surface area contributed by atoms with Gasteiger partial charge in [0.1, 0.15) is 12.2 Å². The second-order valence-electron chi connectivity index (χ2n) is 8.85. The lowest BCUT2D eigenvalue weighted by Crippen LogP contribution is -2.36. The van der Waals surface area contributed by atoms with Crippen LogP contribution in [-0.4, -0.2) is 29.9 Å². The van der Waals surface area contributed by atoms with E-state index in [-0.39, 0.29) is 19.4 Å². The van der Waals surface area contributed by atoms with E-state index in [9.17, 15) is 35.9 Å². The van der Waals surface area contributed by atoms with Gasteiger partial charge in [-0.25, -0.2) is 0 Å². The minimum atomic E-state index is -4.48. The number of hydrogen-bond acceptors (Lipinski definition) is 4. The summed E-state index contributed by atoms with van der Waals surface area (Å²) in [6.07, 6.45) is -13.0. The van der Waals surface area contributed by atoms with Crippen molar-refractivity contribution in [3.05, 3.63) is 35.9 Å². The van der Waals surface area contributed by atoms with Crippen LogP contribution < -0.4 is 0 Å². The number of carbonyl (C=O) groups excluding carboxylic acids is 2. The van der Waals surface area contributed by atoms with E-state index in [1.165, 1.54) is 0 Å². The Labute approximate surface area is 189 Å². The summed E-state index contributed by atoms with van der Waals surface area (Å²) in [6, 6.07) is 8.47. The third-order valence-electron chi connectivity index (χ3n) is 4.67. The molecule has 0 radical (unpaired) electrons. The quantitative estimate of drug-likeness (QED) is 0.257. The van der Waals surface area contributed by atoms with Crippen LogP contribution in [0.4, 0.5) is 26.3 Å². The van der Waals surface area contributed by atoms with Crippen molar-refractivity contribution >= 4 is 11.9 Å². The zero-order valence-corrected chi connectivity index (χ0v) is 18.9. The molecule has 0 fully saturated rings. The zero-order chi connectivity index (χ0) is 25.3. The highest BCUT2D eigenvalue weighted by Gasteiger charge is 2.39. The maximum absolute atomic E-state index is 12.8. The molecule has 0 aliphatic carbocycles. The second-order valence-corrected chi connectivity index (χ2v) is 8.85. The molecule has 188 valence electrons. The third kappa shape index (κ3) is 13.1. The highest BCUT2D eigenvalue weighted by Crippen LogP contribution is 2.33. The van der Waals surface area contributed by atoms with Gasteiger partial charge in [-0.05, 0) is 52.0 Å². The molecule has 0 heterocycles. The molecule has 0 saturated heterocycles. The fourth-order valence-corrected chi connectivity index (χ4v) is 3.22. The van der Waals surface area contributed by atoms with Crippen LogP contribution in [0.5, 0.6) is 0 Å². The molecule has 4 nitrogen and oxygen atoms in total. The number of rotatable bonds is 11. The topological polar surface area (TPSA) is 52.6 Å². The average Bonchev–Trinajstić information content (AvgIpc) is 2.65. The Hall–Kier alpha value is -2.26. The van der Waals surface area contributed by atoms with E-state index in [0.29, 0.717) is 5.56 Å². The average molecular weight is 484 g/mol. The van der Waals surface area contributed by atoms with Gasteiger partial charge in [-0.3, -0.25) is 9.59 Å². The smallest absolute Gasteiger partial charge is 0.389 e. The molecule has 0 amide bonds. The maximum Gasteiger partial charge on any atom is 0.389 e. The summed E-state index contributed by atoms with van der Waals surface area (Å²) in [6.45, 7) is 4.46. The molecule has 0 N–H and O–H groups in total.